The number of carbonyl (C=O) groups is 1. The SMILES string of the molecule is CC.Cc1oc(=O)c2ccccc2c1C(=O)NCc1ccccc1. The molecule has 4 heteroatoms. The van der Waals surface area contributed by atoms with Crippen LogP contribution in [0.15, 0.2) is 63.8 Å². The van der Waals surface area contributed by atoms with E-state index in [2.05, 4.69) is 5.32 Å². The van der Waals surface area contributed by atoms with Gasteiger partial charge in [-0.25, -0.2) is 4.79 Å². The average Bonchev–Trinajstić information content (AvgIpc) is 2.62. The van der Waals surface area contributed by atoms with E-state index >= 15 is 0 Å². The molecule has 0 unspecified atom stereocenters. The maximum atomic E-state index is 12.5. The standard InChI is InChI=1S/C18H15NO3.C2H6/c1-12-16(14-9-5-6-10-15(14)18(21)22-12)17(20)19-11-13-7-3-2-4-8-13;1-2/h2-10H,11H2,1H3,(H,19,20);1-2H3. The van der Waals surface area contributed by atoms with E-state index in [1.807, 2.05) is 44.2 Å². The fourth-order valence-electron chi connectivity index (χ4n) is 2.46. The number of carbonyl (C=O) groups excluding carboxylic acids is 1. The van der Waals surface area contributed by atoms with Gasteiger partial charge in [0.1, 0.15) is 5.76 Å². The minimum absolute atomic E-state index is 0.249. The van der Waals surface area contributed by atoms with Crippen LogP contribution in [-0.4, -0.2) is 5.91 Å². The first-order valence-corrected chi connectivity index (χ1v) is 8.01. The lowest BCUT2D eigenvalue weighted by Gasteiger charge is -2.09. The second-order valence-corrected chi connectivity index (χ2v) is 5.03. The minimum Gasteiger partial charge on any atom is -0.427 e. The van der Waals surface area contributed by atoms with Gasteiger partial charge in [-0.05, 0) is 18.6 Å². The molecule has 1 amide bonds. The second kappa shape index (κ2) is 8.11. The molecule has 0 atom stereocenters. The molecular formula is C20H21NO3. The third-order valence-corrected chi connectivity index (χ3v) is 3.54. The third-order valence-electron chi connectivity index (χ3n) is 3.54. The van der Waals surface area contributed by atoms with Crippen LogP contribution in [0, 0.1) is 6.92 Å². The number of fused-ring (bicyclic) bond motifs is 1. The number of rotatable bonds is 3. The van der Waals surface area contributed by atoms with Gasteiger partial charge in [0.15, 0.2) is 0 Å². The summed E-state index contributed by atoms with van der Waals surface area (Å²) in [5, 5.41) is 3.89. The normalized spacial score (nSPS) is 9.96. The molecule has 3 rings (SSSR count). The molecule has 2 aromatic carbocycles. The Bertz CT molecular complexity index is 882. The van der Waals surface area contributed by atoms with Crippen molar-refractivity contribution < 1.29 is 9.21 Å². The molecule has 4 nitrogen and oxygen atoms in total. The van der Waals surface area contributed by atoms with E-state index in [-0.39, 0.29) is 5.91 Å². The highest BCUT2D eigenvalue weighted by Gasteiger charge is 2.17. The predicted octanol–water partition coefficient (Wildman–Crippen LogP) is 4.06. The molecule has 124 valence electrons. The monoisotopic (exact) mass is 323 g/mol. The van der Waals surface area contributed by atoms with Crippen LogP contribution in [0.3, 0.4) is 0 Å². The number of nitrogens with one attached hydrogen (secondary N) is 1. The summed E-state index contributed by atoms with van der Waals surface area (Å²) >= 11 is 0. The van der Waals surface area contributed by atoms with Gasteiger partial charge >= 0.3 is 5.63 Å². The van der Waals surface area contributed by atoms with Crippen LogP contribution in [0.5, 0.6) is 0 Å². The Morgan fingerprint density at radius 3 is 2.21 bits per heavy atom. The van der Waals surface area contributed by atoms with Gasteiger partial charge in [0.2, 0.25) is 0 Å². The Kier molecular flexibility index (Phi) is 5.90. The molecule has 3 aromatic rings. The lowest BCUT2D eigenvalue weighted by atomic mass is 10.1. The first-order valence-electron chi connectivity index (χ1n) is 8.01. The maximum Gasteiger partial charge on any atom is 0.343 e. The average molecular weight is 323 g/mol. The highest BCUT2D eigenvalue weighted by Crippen LogP contribution is 2.19. The summed E-state index contributed by atoms with van der Waals surface area (Å²) in [4.78, 5) is 24.3. The van der Waals surface area contributed by atoms with Gasteiger partial charge in [-0.3, -0.25) is 4.79 Å². The lowest BCUT2D eigenvalue weighted by molar-refractivity contribution is 0.0949. The summed E-state index contributed by atoms with van der Waals surface area (Å²) in [6, 6.07) is 16.6. The van der Waals surface area contributed by atoms with Gasteiger partial charge in [-0.2, -0.15) is 0 Å². The Balaban J connectivity index is 0.00000100. The number of hydrogen-bond acceptors (Lipinski definition) is 3. The minimum atomic E-state index is -0.423. The van der Waals surface area contributed by atoms with Crippen molar-refractivity contribution in [3.05, 3.63) is 81.9 Å². The summed E-state index contributed by atoms with van der Waals surface area (Å²) in [6.07, 6.45) is 0. The fraction of sp³-hybridized carbons (Fsp3) is 0.200. The van der Waals surface area contributed by atoms with Crippen LogP contribution in [-0.2, 0) is 6.54 Å². The van der Waals surface area contributed by atoms with Gasteiger partial charge in [-0.1, -0.05) is 62.4 Å². The zero-order valence-corrected chi connectivity index (χ0v) is 14.1. The molecule has 1 aromatic heterocycles. The maximum absolute atomic E-state index is 12.5. The van der Waals surface area contributed by atoms with E-state index in [0.717, 1.165) is 5.56 Å². The van der Waals surface area contributed by atoms with Crippen LogP contribution in [0.1, 0.15) is 35.5 Å². The number of amides is 1. The second-order valence-electron chi connectivity index (χ2n) is 5.03. The molecule has 0 aliphatic rings. The topological polar surface area (TPSA) is 59.3 Å². The zero-order chi connectivity index (χ0) is 17.5. The van der Waals surface area contributed by atoms with E-state index in [0.29, 0.717) is 28.6 Å². The molecule has 0 bridgehead atoms. The molecule has 1 heterocycles. The van der Waals surface area contributed by atoms with Gasteiger partial charge < -0.3 is 9.73 Å². The number of benzene rings is 2. The number of hydrogen-bond donors (Lipinski definition) is 1. The van der Waals surface area contributed by atoms with Crippen molar-refractivity contribution in [2.45, 2.75) is 27.3 Å². The highest BCUT2D eigenvalue weighted by atomic mass is 16.4. The molecule has 0 aliphatic heterocycles. The fourth-order valence-corrected chi connectivity index (χ4v) is 2.46. The van der Waals surface area contributed by atoms with Crippen LogP contribution in [0.2, 0.25) is 0 Å². The van der Waals surface area contributed by atoms with Crippen molar-refractivity contribution in [2.24, 2.45) is 0 Å². The quantitative estimate of drug-likeness (QED) is 0.791. The van der Waals surface area contributed by atoms with E-state index in [4.69, 9.17) is 4.42 Å². The van der Waals surface area contributed by atoms with Crippen molar-refractivity contribution in [1.82, 2.24) is 5.32 Å². The molecule has 1 N–H and O–H groups in total. The predicted molar refractivity (Wildman–Crippen MR) is 96.2 cm³/mol. The highest BCUT2D eigenvalue weighted by molar-refractivity contribution is 6.07. The molecule has 24 heavy (non-hydrogen) atoms. The van der Waals surface area contributed by atoms with Gasteiger partial charge in [-0.15, -0.1) is 0 Å². The number of aryl methyl sites for hydroxylation is 1. The van der Waals surface area contributed by atoms with E-state index in [1.165, 1.54) is 0 Å². The van der Waals surface area contributed by atoms with Gasteiger partial charge in [0, 0.05) is 11.9 Å². The Morgan fingerprint density at radius 1 is 0.958 bits per heavy atom. The van der Waals surface area contributed by atoms with E-state index < -0.39 is 5.63 Å². The summed E-state index contributed by atoms with van der Waals surface area (Å²) in [5.74, 6) is 0.0792. The molecule has 0 saturated heterocycles. The lowest BCUT2D eigenvalue weighted by Crippen LogP contribution is -2.24. The summed E-state index contributed by atoms with van der Waals surface area (Å²) in [6.45, 7) is 6.05. The third kappa shape index (κ3) is 3.71. The molecule has 0 spiro atoms. The Labute approximate surface area is 141 Å². The molecule has 0 radical (unpaired) electrons. The first-order chi connectivity index (χ1) is 11.7. The van der Waals surface area contributed by atoms with E-state index in [1.54, 1.807) is 31.2 Å². The summed E-state index contributed by atoms with van der Waals surface area (Å²) in [7, 11) is 0. The van der Waals surface area contributed by atoms with E-state index in [9.17, 15) is 9.59 Å². The zero-order valence-electron chi connectivity index (χ0n) is 14.1. The van der Waals surface area contributed by atoms with Crippen molar-refractivity contribution in [1.29, 1.82) is 0 Å². The molecule has 0 aliphatic carbocycles. The van der Waals surface area contributed by atoms with Crippen molar-refractivity contribution in [3.63, 3.8) is 0 Å². The Morgan fingerprint density at radius 2 is 1.54 bits per heavy atom. The first kappa shape index (κ1) is 17.5. The summed E-state index contributed by atoms with van der Waals surface area (Å²) in [5.41, 5.74) is 0.994. The van der Waals surface area contributed by atoms with Gasteiger partial charge in [0.25, 0.3) is 5.91 Å². The van der Waals surface area contributed by atoms with Gasteiger partial charge in [0.05, 0.1) is 10.9 Å². The molecular weight excluding hydrogens is 302 g/mol. The molecule has 0 fully saturated rings. The Hall–Kier alpha value is -2.88. The van der Waals surface area contributed by atoms with Crippen LogP contribution in [0.4, 0.5) is 0 Å². The van der Waals surface area contributed by atoms with Crippen LogP contribution >= 0.6 is 0 Å². The van der Waals surface area contributed by atoms with Crippen molar-refractivity contribution >= 4 is 16.7 Å². The van der Waals surface area contributed by atoms with Crippen molar-refractivity contribution in [2.75, 3.05) is 0 Å². The van der Waals surface area contributed by atoms with Crippen LogP contribution < -0.4 is 10.9 Å². The largest absolute Gasteiger partial charge is 0.427 e. The van der Waals surface area contributed by atoms with Crippen molar-refractivity contribution in [3.8, 4) is 0 Å². The van der Waals surface area contributed by atoms with Crippen LogP contribution in [0.25, 0.3) is 10.8 Å². The smallest absolute Gasteiger partial charge is 0.343 e. The molecule has 0 saturated carbocycles. The summed E-state index contributed by atoms with van der Waals surface area (Å²) < 4.78 is 5.18.